The SMILES string of the molecule is C#CO[C@@]1(C)[C@H](NCCCCn2cc(-c3nccs3)nn2)[C@@H](C)NC[C@H](C)C[C@@](C)(OC)[C@H](O[C@@H]2O[C@H](C)CC(N(C)C)C2O)CC(=O)C(C)(F)C(=O)O[C@@H]1CC. The van der Waals surface area contributed by atoms with E-state index < -0.39 is 65.7 Å². The highest BCUT2D eigenvalue weighted by atomic mass is 32.1. The van der Waals surface area contributed by atoms with Crippen LogP contribution in [0, 0.1) is 18.4 Å². The number of halogens is 1. The van der Waals surface area contributed by atoms with E-state index in [0.29, 0.717) is 32.5 Å². The highest BCUT2D eigenvalue weighted by Crippen LogP contribution is 2.36. The minimum Gasteiger partial charge on any atom is -0.455 e. The number of cyclic esters (lactones) is 1. The van der Waals surface area contributed by atoms with Crippen LogP contribution >= 0.6 is 11.3 Å². The van der Waals surface area contributed by atoms with Gasteiger partial charge in [-0.2, -0.15) is 0 Å². The molecule has 0 saturated carbocycles. The first-order valence-corrected chi connectivity index (χ1v) is 20.8. The first-order chi connectivity index (χ1) is 26.9. The molecule has 0 amide bonds. The molecule has 2 aromatic heterocycles. The minimum absolute atomic E-state index is 0.0663. The molecule has 0 bridgehead atoms. The van der Waals surface area contributed by atoms with Crippen LogP contribution < -0.4 is 10.6 Å². The Balaban J connectivity index is 1.60. The first-order valence-electron chi connectivity index (χ1n) is 19.9. The van der Waals surface area contributed by atoms with Gasteiger partial charge in [0.15, 0.2) is 17.7 Å². The van der Waals surface area contributed by atoms with Crippen LogP contribution in [0.4, 0.5) is 4.39 Å². The second-order valence-electron chi connectivity index (χ2n) is 16.4. The number of carbonyl (C=O) groups excluding carboxylic acids is 2. The molecule has 3 unspecified atom stereocenters. The highest BCUT2D eigenvalue weighted by Gasteiger charge is 2.53. The summed E-state index contributed by atoms with van der Waals surface area (Å²) in [7, 11) is 5.21. The third-order valence-electron chi connectivity index (χ3n) is 11.6. The van der Waals surface area contributed by atoms with Crippen molar-refractivity contribution in [2.75, 3.05) is 34.3 Å². The number of Topliss-reactive ketones (excluding diaryl/α,β-unsaturated/α-hetero) is 1. The number of hydrogen-bond acceptors (Lipinski definition) is 15. The van der Waals surface area contributed by atoms with Gasteiger partial charge in [0.1, 0.15) is 29.0 Å². The lowest BCUT2D eigenvalue weighted by Crippen LogP contribution is -2.65. The topological polar surface area (TPSA) is 171 Å². The van der Waals surface area contributed by atoms with Gasteiger partial charge in [-0.25, -0.2) is 14.2 Å². The molecule has 15 nitrogen and oxygen atoms in total. The molecule has 4 rings (SSSR count). The van der Waals surface area contributed by atoms with E-state index in [1.807, 2.05) is 51.3 Å². The van der Waals surface area contributed by atoms with Crippen molar-refractivity contribution in [1.82, 2.24) is 35.5 Å². The fourth-order valence-corrected chi connectivity index (χ4v) is 8.59. The fraction of sp³-hybridized carbons (Fsp3) is 0.775. The maximum Gasteiger partial charge on any atom is 0.351 e. The summed E-state index contributed by atoms with van der Waals surface area (Å²) in [6.45, 7) is 13.8. The van der Waals surface area contributed by atoms with Crippen LogP contribution in [0.3, 0.4) is 0 Å². The van der Waals surface area contributed by atoms with Crippen molar-refractivity contribution in [2.45, 2.75) is 159 Å². The molecule has 2 aromatic rings. The largest absolute Gasteiger partial charge is 0.455 e. The zero-order valence-electron chi connectivity index (χ0n) is 35.2. The van der Waals surface area contributed by atoms with Crippen molar-refractivity contribution in [1.29, 1.82) is 0 Å². The number of carbonyl (C=O) groups is 2. The molecule has 57 heavy (non-hydrogen) atoms. The van der Waals surface area contributed by atoms with E-state index in [0.717, 1.165) is 30.5 Å². The predicted molar refractivity (Wildman–Crippen MR) is 214 cm³/mol. The molecule has 2 aliphatic heterocycles. The van der Waals surface area contributed by atoms with E-state index >= 15 is 4.39 Å². The average molecular weight is 822 g/mol. The Labute approximate surface area is 341 Å². The molecule has 4 heterocycles. The zero-order valence-corrected chi connectivity index (χ0v) is 36.0. The van der Waals surface area contributed by atoms with Crippen LogP contribution in [0.1, 0.15) is 87.0 Å². The predicted octanol–water partition coefficient (Wildman–Crippen LogP) is 3.75. The number of ether oxygens (including phenoxy) is 5. The number of alkyl halides is 1. The second-order valence-corrected chi connectivity index (χ2v) is 17.3. The summed E-state index contributed by atoms with van der Waals surface area (Å²) in [6.07, 6.45) is 9.11. The number of aliphatic hydroxyl groups excluding tert-OH is 1. The van der Waals surface area contributed by atoms with E-state index in [-0.39, 0.29) is 30.5 Å². The molecular formula is C40H64FN7O8S. The summed E-state index contributed by atoms with van der Waals surface area (Å²) in [6, 6.07) is -1.15. The molecule has 0 aromatic carbocycles. The van der Waals surface area contributed by atoms with Gasteiger partial charge in [-0.05, 0) is 99.8 Å². The summed E-state index contributed by atoms with van der Waals surface area (Å²) in [5, 5.41) is 29.7. The van der Waals surface area contributed by atoms with Crippen molar-refractivity contribution in [3.8, 4) is 23.2 Å². The maximum atomic E-state index is 16.7. The van der Waals surface area contributed by atoms with Gasteiger partial charge in [0.05, 0.1) is 30.0 Å². The fourth-order valence-electron chi connectivity index (χ4n) is 8.00. The number of unbranched alkanes of at least 4 members (excludes halogenated alkanes) is 1. The molecule has 2 fully saturated rings. The number of thiazole rings is 1. The normalized spacial score (nSPS) is 36.2. The highest BCUT2D eigenvalue weighted by molar-refractivity contribution is 7.13. The van der Waals surface area contributed by atoms with Crippen LogP contribution in [-0.2, 0) is 39.8 Å². The number of nitrogens with zero attached hydrogens (tertiary/aromatic N) is 5. The van der Waals surface area contributed by atoms with Crippen LogP contribution in [0.15, 0.2) is 17.8 Å². The van der Waals surface area contributed by atoms with Crippen LogP contribution in [-0.4, -0.2) is 142 Å². The molecule has 0 aliphatic carbocycles. The van der Waals surface area contributed by atoms with Crippen LogP contribution in [0.5, 0.6) is 0 Å². The molecule has 0 radical (unpaired) electrons. The van der Waals surface area contributed by atoms with Gasteiger partial charge in [0.2, 0.25) is 0 Å². The first kappa shape index (κ1) is 46.6. The third kappa shape index (κ3) is 11.4. The standard InChI is InChI=1S/C40H64FN7O8S/c1-12-31-40(8,53-13-2)34(42-16-14-15-18-48-24-28(45-46-48)35-43-17-19-57-35)27(5)44-23-25(3)22-38(6,52-11)32(21-30(49)39(7,41)37(51)56-31)55-36-33(50)29(47(9)10)20-26(4)54-36/h2,17,19,24-27,29,31-34,36,42,44,50H,12,14-16,18,20-23H2,1,3-11H3/t25-,26-,27-,29?,31-,32-,33?,34-,36+,38-,39?,40-/m1/s1. The van der Waals surface area contributed by atoms with Gasteiger partial charge in [-0.3, -0.25) is 9.48 Å². The number of aromatic nitrogens is 4. The number of terminal acetylenes is 1. The Morgan fingerprint density at radius 2 is 1.96 bits per heavy atom. The molecular weight excluding hydrogens is 758 g/mol. The number of ketones is 1. The lowest BCUT2D eigenvalue weighted by atomic mass is 9.83. The smallest absolute Gasteiger partial charge is 0.351 e. The molecule has 320 valence electrons. The number of aryl methyl sites for hydroxylation is 1. The van der Waals surface area contributed by atoms with Crippen LogP contribution in [0.25, 0.3) is 10.7 Å². The van der Waals surface area contributed by atoms with E-state index in [1.54, 1.807) is 31.6 Å². The number of nitrogens with one attached hydrogen (secondary N) is 2. The summed E-state index contributed by atoms with van der Waals surface area (Å²) in [4.78, 5) is 34.0. The van der Waals surface area contributed by atoms with Crippen molar-refractivity contribution >= 4 is 23.1 Å². The maximum absolute atomic E-state index is 16.7. The molecule has 3 N–H and O–H groups in total. The number of hydrogen-bond donors (Lipinski definition) is 3. The van der Waals surface area contributed by atoms with Gasteiger partial charge >= 0.3 is 5.97 Å². The zero-order chi connectivity index (χ0) is 42.1. The van der Waals surface area contributed by atoms with Gasteiger partial charge in [0, 0.05) is 43.7 Å². The number of likely N-dealkylation sites (N-methyl/N-ethyl adjacent to an activating group) is 1. The van der Waals surface area contributed by atoms with Gasteiger partial charge in [-0.15, -0.1) is 16.4 Å². The lowest BCUT2D eigenvalue weighted by Gasteiger charge is -2.45. The van der Waals surface area contributed by atoms with Crippen LogP contribution in [0.2, 0.25) is 0 Å². The average Bonchev–Trinajstić information content (AvgIpc) is 3.87. The Bertz CT molecular complexity index is 1620. The van der Waals surface area contributed by atoms with E-state index in [4.69, 9.17) is 30.1 Å². The van der Waals surface area contributed by atoms with Crippen molar-refractivity contribution in [2.24, 2.45) is 5.92 Å². The Morgan fingerprint density at radius 3 is 2.60 bits per heavy atom. The van der Waals surface area contributed by atoms with Crippen molar-refractivity contribution < 1.29 is 42.8 Å². The number of aliphatic hydroxyl groups is 1. The summed E-state index contributed by atoms with van der Waals surface area (Å²) in [5.41, 5.74) is -4.89. The molecule has 12 atom stereocenters. The van der Waals surface area contributed by atoms with Gasteiger partial charge in [-0.1, -0.05) is 25.5 Å². The minimum atomic E-state index is -3.08. The number of esters is 1. The number of methoxy groups -OCH3 is 1. The van der Waals surface area contributed by atoms with E-state index in [2.05, 4.69) is 32.0 Å². The molecule has 0 spiro atoms. The lowest BCUT2D eigenvalue weighted by molar-refractivity contribution is -0.289. The van der Waals surface area contributed by atoms with Gasteiger partial charge < -0.3 is 44.3 Å². The Morgan fingerprint density at radius 1 is 1.23 bits per heavy atom. The summed E-state index contributed by atoms with van der Waals surface area (Å²) in [5.74, 6) is -2.50. The third-order valence-corrected chi connectivity index (χ3v) is 12.4. The van der Waals surface area contributed by atoms with Crippen molar-refractivity contribution in [3.05, 3.63) is 17.8 Å². The summed E-state index contributed by atoms with van der Waals surface area (Å²) >= 11 is 1.50. The second kappa shape index (κ2) is 20.3. The Hall–Kier alpha value is -3.08. The Kier molecular flexibility index (Phi) is 16.6. The van der Waals surface area contributed by atoms with Crippen molar-refractivity contribution in [3.63, 3.8) is 0 Å². The quantitative estimate of drug-likeness (QED) is 0.116. The van der Waals surface area contributed by atoms with E-state index in [9.17, 15) is 14.7 Å². The van der Waals surface area contributed by atoms with Gasteiger partial charge in [0.25, 0.3) is 5.67 Å². The monoisotopic (exact) mass is 821 g/mol. The number of rotatable bonds is 13. The molecule has 2 saturated heterocycles. The molecule has 17 heteroatoms. The molecule has 2 aliphatic rings. The van der Waals surface area contributed by atoms with E-state index in [1.165, 1.54) is 18.4 Å². The summed E-state index contributed by atoms with van der Waals surface area (Å²) < 4.78 is 49.0.